The van der Waals surface area contributed by atoms with Gasteiger partial charge in [-0.2, -0.15) is 0 Å². The van der Waals surface area contributed by atoms with E-state index in [9.17, 15) is 18.0 Å². The van der Waals surface area contributed by atoms with Crippen molar-refractivity contribution in [2.75, 3.05) is 6.61 Å². The molecule has 0 saturated carbocycles. The quantitative estimate of drug-likeness (QED) is 0.929. The van der Waals surface area contributed by atoms with E-state index >= 15 is 0 Å². The molecule has 2 atom stereocenters. The molecule has 0 bridgehead atoms. The van der Waals surface area contributed by atoms with Gasteiger partial charge in [0.05, 0.1) is 6.04 Å². The van der Waals surface area contributed by atoms with E-state index in [-0.39, 0.29) is 12.0 Å². The van der Waals surface area contributed by atoms with Gasteiger partial charge in [-0.3, -0.25) is 4.79 Å². The molecule has 0 aliphatic carbocycles. The minimum atomic E-state index is -1.25. The summed E-state index contributed by atoms with van der Waals surface area (Å²) in [6, 6.07) is 0.288. The van der Waals surface area contributed by atoms with Gasteiger partial charge in [0.1, 0.15) is 35.7 Å². The van der Waals surface area contributed by atoms with Crippen molar-refractivity contribution in [1.82, 2.24) is 5.32 Å². The van der Waals surface area contributed by atoms with Crippen LogP contribution >= 0.6 is 0 Å². The largest absolute Gasteiger partial charge is 0.477 e. The van der Waals surface area contributed by atoms with Crippen LogP contribution in [0.5, 0.6) is 0 Å². The minimum absolute atomic E-state index is 0.0348. The van der Waals surface area contributed by atoms with Gasteiger partial charge in [-0.15, -0.1) is 0 Å². The SMILES string of the molecule is CC(C)C(NC(=O)c1c(F)cc(F)cc1F)C1=N[C@@H](C)CO1. The van der Waals surface area contributed by atoms with Crippen molar-refractivity contribution >= 4 is 11.8 Å². The Kier molecular flexibility index (Phi) is 4.73. The number of hydrogen-bond acceptors (Lipinski definition) is 3. The van der Waals surface area contributed by atoms with Crippen molar-refractivity contribution in [3.05, 3.63) is 35.1 Å². The molecule has 0 spiro atoms. The molecule has 7 heteroatoms. The second-order valence-electron chi connectivity index (χ2n) is 5.57. The van der Waals surface area contributed by atoms with Crippen LogP contribution in [0.3, 0.4) is 0 Å². The van der Waals surface area contributed by atoms with E-state index < -0.39 is 35.0 Å². The van der Waals surface area contributed by atoms with Crippen molar-refractivity contribution in [2.45, 2.75) is 32.9 Å². The van der Waals surface area contributed by atoms with E-state index in [2.05, 4.69) is 10.3 Å². The van der Waals surface area contributed by atoms with Crippen LogP contribution in [0, 0.1) is 23.4 Å². The second kappa shape index (κ2) is 6.37. The number of aliphatic imine (C=N–C) groups is 1. The Hall–Kier alpha value is -2.05. The molecule has 22 heavy (non-hydrogen) atoms. The number of rotatable bonds is 4. The molecule has 0 fully saturated rings. The van der Waals surface area contributed by atoms with Gasteiger partial charge in [0.2, 0.25) is 5.90 Å². The second-order valence-corrected chi connectivity index (χ2v) is 5.57. The van der Waals surface area contributed by atoms with Crippen LogP contribution in [0.2, 0.25) is 0 Å². The van der Waals surface area contributed by atoms with E-state index in [1.807, 2.05) is 20.8 Å². The van der Waals surface area contributed by atoms with Crippen molar-refractivity contribution < 1.29 is 22.7 Å². The highest BCUT2D eigenvalue weighted by atomic mass is 19.1. The highest BCUT2D eigenvalue weighted by Crippen LogP contribution is 2.17. The Balaban J connectivity index is 2.24. The number of nitrogens with zero attached hydrogens (tertiary/aromatic N) is 1. The minimum Gasteiger partial charge on any atom is -0.477 e. The van der Waals surface area contributed by atoms with E-state index in [0.717, 1.165) is 0 Å². The molecular formula is C15H17F3N2O2. The maximum atomic E-state index is 13.7. The molecule has 1 amide bonds. The molecule has 1 aliphatic rings. The third-order valence-electron chi connectivity index (χ3n) is 3.27. The van der Waals surface area contributed by atoms with Crippen LogP contribution in [0.1, 0.15) is 31.1 Å². The first-order chi connectivity index (χ1) is 10.3. The molecule has 1 aromatic carbocycles. The highest BCUT2D eigenvalue weighted by molar-refractivity contribution is 5.98. The molecule has 1 heterocycles. The summed E-state index contributed by atoms with van der Waals surface area (Å²) in [6.45, 7) is 5.88. The Bertz CT molecular complexity index is 594. The van der Waals surface area contributed by atoms with E-state index in [1.165, 1.54) is 0 Å². The number of halogens is 3. The van der Waals surface area contributed by atoms with Gasteiger partial charge in [-0.25, -0.2) is 18.2 Å². The third kappa shape index (κ3) is 3.40. The molecule has 4 nitrogen and oxygen atoms in total. The maximum Gasteiger partial charge on any atom is 0.257 e. The van der Waals surface area contributed by atoms with Gasteiger partial charge in [-0.05, 0) is 12.8 Å². The fourth-order valence-corrected chi connectivity index (χ4v) is 2.15. The maximum absolute atomic E-state index is 13.7. The van der Waals surface area contributed by atoms with Gasteiger partial charge in [0, 0.05) is 12.1 Å². The molecule has 1 unspecified atom stereocenters. The van der Waals surface area contributed by atoms with Crippen LogP contribution in [0.25, 0.3) is 0 Å². The fraction of sp³-hybridized carbons (Fsp3) is 0.467. The first-order valence-corrected chi connectivity index (χ1v) is 6.95. The summed E-state index contributed by atoms with van der Waals surface area (Å²) in [6.07, 6.45) is 0. The summed E-state index contributed by atoms with van der Waals surface area (Å²) in [7, 11) is 0. The number of hydrogen-bond donors (Lipinski definition) is 1. The molecule has 1 aromatic rings. The molecule has 0 saturated heterocycles. The zero-order chi connectivity index (χ0) is 16.4. The number of carbonyl (C=O) groups is 1. The summed E-state index contributed by atoms with van der Waals surface area (Å²) in [5, 5.41) is 2.50. The van der Waals surface area contributed by atoms with Crippen LogP contribution in [-0.2, 0) is 4.74 Å². The zero-order valence-corrected chi connectivity index (χ0v) is 12.5. The van der Waals surface area contributed by atoms with E-state index in [0.29, 0.717) is 24.6 Å². The highest BCUT2D eigenvalue weighted by Gasteiger charge is 2.30. The van der Waals surface area contributed by atoms with Gasteiger partial charge >= 0.3 is 0 Å². The average Bonchev–Trinajstić information content (AvgIpc) is 2.80. The van der Waals surface area contributed by atoms with Crippen LogP contribution < -0.4 is 5.32 Å². The summed E-state index contributed by atoms with van der Waals surface area (Å²) in [5.74, 6) is -4.32. The van der Waals surface area contributed by atoms with Gasteiger partial charge in [0.25, 0.3) is 5.91 Å². The monoisotopic (exact) mass is 314 g/mol. The van der Waals surface area contributed by atoms with Crippen molar-refractivity contribution in [1.29, 1.82) is 0 Å². The number of carbonyl (C=O) groups excluding carboxylic acids is 1. The van der Waals surface area contributed by atoms with E-state index in [1.54, 1.807) is 0 Å². The normalized spacial score (nSPS) is 18.9. The molecule has 2 rings (SSSR count). The van der Waals surface area contributed by atoms with Crippen molar-refractivity contribution in [3.8, 4) is 0 Å². The lowest BCUT2D eigenvalue weighted by Crippen LogP contribution is -2.45. The summed E-state index contributed by atoms with van der Waals surface area (Å²) < 4.78 is 45.6. The predicted octanol–water partition coefficient (Wildman–Crippen LogP) is 2.68. The fourth-order valence-electron chi connectivity index (χ4n) is 2.15. The molecular weight excluding hydrogens is 297 g/mol. The number of amides is 1. The molecule has 0 radical (unpaired) electrons. The Morgan fingerprint density at radius 2 is 1.91 bits per heavy atom. The lowest BCUT2D eigenvalue weighted by atomic mass is 10.0. The Labute approximate surface area is 126 Å². The summed E-state index contributed by atoms with van der Waals surface area (Å²) >= 11 is 0. The molecule has 0 aromatic heterocycles. The topological polar surface area (TPSA) is 50.7 Å². The number of nitrogens with one attached hydrogen (secondary N) is 1. The lowest BCUT2D eigenvalue weighted by Gasteiger charge is -2.22. The Morgan fingerprint density at radius 1 is 1.32 bits per heavy atom. The zero-order valence-electron chi connectivity index (χ0n) is 12.5. The lowest BCUT2D eigenvalue weighted by molar-refractivity contribution is 0.0925. The van der Waals surface area contributed by atoms with Gasteiger partial charge in [-0.1, -0.05) is 13.8 Å². The Morgan fingerprint density at radius 3 is 2.36 bits per heavy atom. The van der Waals surface area contributed by atoms with Crippen LogP contribution in [0.4, 0.5) is 13.2 Å². The van der Waals surface area contributed by atoms with Crippen molar-refractivity contribution in [3.63, 3.8) is 0 Å². The average molecular weight is 314 g/mol. The summed E-state index contributed by atoms with van der Waals surface area (Å²) in [5.41, 5.74) is -0.821. The molecule has 120 valence electrons. The molecule has 1 N–H and O–H groups in total. The number of ether oxygens (including phenoxy) is 1. The first kappa shape index (κ1) is 16.3. The van der Waals surface area contributed by atoms with Gasteiger partial charge in [0.15, 0.2) is 0 Å². The van der Waals surface area contributed by atoms with Crippen LogP contribution in [-0.4, -0.2) is 30.5 Å². The van der Waals surface area contributed by atoms with E-state index in [4.69, 9.17) is 4.74 Å². The van der Waals surface area contributed by atoms with Crippen molar-refractivity contribution in [2.24, 2.45) is 10.9 Å². The van der Waals surface area contributed by atoms with Crippen LogP contribution in [0.15, 0.2) is 17.1 Å². The summed E-state index contributed by atoms with van der Waals surface area (Å²) in [4.78, 5) is 16.4. The number of benzene rings is 1. The third-order valence-corrected chi connectivity index (χ3v) is 3.27. The van der Waals surface area contributed by atoms with Gasteiger partial charge < -0.3 is 10.1 Å². The smallest absolute Gasteiger partial charge is 0.257 e. The standard InChI is InChI=1S/C15H17F3N2O2/c1-7(2)13(15-19-8(3)6-22-15)20-14(21)12-10(17)4-9(16)5-11(12)18/h4-5,7-8,13H,6H2,1-3H3,(H,20,21)/t8-,13?/m0/s1. The predicted molar refractivity (Wildman–Crippen MR) is 75.3 cm³/mol. The first-order valence-electron chi connectivity index (χ1n) is 6.95. The molecule has 1 aliphatic heterocycles.